The predicted molar refractivity (Wildman–Crippen MR) is 111 cm³/mol. The summed E-state index contributed by atoms with van der Waals surface area (Å²) < 4.78 is 10.9. The van der Waals surface area contributed by atoms with Crippen molar-refractivity contribution in [2.75, 3.05) is 41.0 Å². The first kappa shape index (κ1) is 23.5. The Balaban J connectivity index is 0.00000529. The summed E-state index contributed by atoms with van der Waals surface area (Å²) in [6.45, 7) is 9.21. The van der Waals surface area contributed by atoms with Crippen LogP contribution >= 0.6 is 35.3 Å². The van der Waals surface area contributed by atoms with Crippen LogP contribution < -0.4 is 5.32 Å². The number of guanidine groups is 1. The molecule has 0 bridgehead atoms. The van der Waals surface area contributed by atoms with E-state index in [2.05, 4.69) is 39.4 Å². The SMILES string of the molecule is CN=C(NCCOCC(C)C)N(C)Cc1csc(C(C)OC)n1.I. The molecular formula is C16H31IN4O2S. The van der Waals surface area contributed by atoms with Crippen LogP contribution in [0.25, 0.3) is 0 Å². The molecule has 0 aliphatic carbocycles. The second-order valence-electron chi connectivity index (χ2n) is 5.85. The molecule has 1 unspecified atom stereocenters. The molecule has 0 radical (unpaired) electrons. The van der Waals surface area contributed by atoms with E-state index in [1.807, 2.05) is 14.0 Å². The molecule has 8 heteroatoms. The molecule has 1 rings (SSSR count). The molecular weight excluding hydrogens is 439 g/mol. The van der Waals surface area contributed by atoms with Crippen molar-refractivity contribution >= 4 is 41.3 Å². The molecule has 1 atom stereocenters. The van der Waals surface area contributed by atoms with E-state index in [0.29, 0.717) is 19.1 Å². The maximum Gasteiger partial charge on any atom is 0.193 e. The highest BCUT2D eigenvalue weighted by Crippen LogP contribution is 2.20. The third-order valence-electron chi connectivity index (χ3n) is 3.22. The van der Waals surface area contributed by atoms with Gasteiger partial charge in [-0.2, -0.15) is 0 Å². The number of hydrogen-bond acceptors (Lipinski definition) is 5. The van der Waals surface area contributed by atoms with Crippen LogP contribution in [-0.4, -0.2) is 56.8 Å². The van der Waals surface area contributed by atoms with Crippen molar-refractivity contribution < 1.29 is 9.47 Å². The van der Waals surface area contributed by atoms with Crippen LogP contribution in [0.5, 0.6) is 0 Å². The molecule has 1 aromatic heterocycles. The van der Waals surface area contributed by atoms with E-state index in [1.54, 1.807) is 25.5 Å². The second kappa shape index (κ2) is 12.8. The van der Waals surface area contributed by atoms with Gasteiger partial charge in [0.25, 0.3) is 0 Å². The minimum absolute atomic E-state index is 0. The smallest absolute Gasteiger partial charge is 0.193 e. The number of halogens is 1. The molecule has 1 heterocycles. The molecule has 0 aromatic carbocycles. The Bertz CT molecular complexity index is 482. The molecule has 0 saturated carbocycles. The highest BCUT2D eigenvalue weighted by Gasteiger charge is 2.12. The normalized spacial score (nSPS) is 12.9. The Hall–Kier alpha value is -0.450. The van der Waals surface area contributed by atoms with Crippen molar-refractivity contribution in [1.82, 2.24) is 15.2 Å². The van der Waals surface area contributed by atoms with Gasteiger partial charge in [0.05, 0.1) is 18.8 Å². The third-order valence-corrected chi connectivity index (χ3v) is 4.28. The van der Waals surface area contributed by atoms with Gasteiger partial charge in [0, 0.05) is 39.7 Å². The van der Waals surface area contributed by atoms with Gasteiger partial charge in [0.15, 0.2) is 5.96 Å². The maximum absolute atomic E-state index is 5.57. The Morgan fingerprint density at radius 2 is 2.12 bits per heavy atom. The zero-order chi connectivity index (χ0) is 17.2. The van der Waals surface area contributed by atoms with Crippen molar-refractivity contribution in [3.8, 4) is 0 Å². The highest BCUT2D eigenvalue weighted by atomic mass is 127. The summed E-state index contributed by atoms with van der Waals surface area (Å²) in [7, 11) is 5.49. The molecule has 24 heavy (non-hydrogen) atoms. The lowest BCUT2D eigenvalue weighted by molar-refractivity contribution is 0.114. The third kappa shape index (κ3) is 8.59. The summed E-state index contributed by atoms with van der Waals surface area (Å²) in [6.07, 6.45) is 0.0367. The zero-order valence-corrected chi connectivity index (χ0v) is 18.7. The maximum atomic E-state index is 5.57. The lowest BCUT2D eigenvalue weighted by Gasteiger charge is -2.21. The van der Waals surface area contributed by atoms with Gasteiger partial charge < -0.3 is 19.7 Å². The summed E-state index contributed by atoms with van der Waals surface area (Å²) in [6, 6.07) is 0. The van der Waals surface area contributed by atoms with E-state index >= 15 is 0 Å². The molecule has 0 spiro atoms. The van der Waals surface area contributed by atoms with Crippen molar-refractivity contribution in [3.05, 3.63) is 16.1 Å². The van der Waals surface area contributed by atoms with E-state index in [4.69, 9.17) is 9.47 Å². The molecule has 0 amide bonds. The van der Waals surface area contributed by atoms with Gasteiger partial charge in [0.1, 0.15) is 11.1 Å². The van der Waals surface area contributed by atoms with Crippen LogP contribution in [0.1, 0.15) is 37.6 Å². The Kier molecular flexibility index (Phi) is 12.6. The van der Waals surface area contributed by atoms with Crippen LogP contribution in [-0.2, 0) is 16.0 Å². The quantitative estimate of drug-likeness (QED) is 0.260. The number of aromatic nitrogens is 1. The Labute approximate surface area is 167 Å². The van der Waals surface area contributed by atoms with Crippen molar-refractivity contribution in [3.63, 3.8) is 0 Å². The average molecular weight is 470 g/mol. The first-order valence-corrected chi connectivity index (χ1v) is 8.82. The highest BCUT2D eigenvalue weighted by molar-refractivity contribution is 14.0. The lowest BCUT2D eigenvalue weighted by Crippen LogP contribution is -2.40. The van der Waals surface area contributed by atoms with E-state index < -0.39 is 0 Å². The summed E-state index contributed by atoms with van der Waals surface area (Å²) >= 11 is 1.63. The monoisotopic (exact) mass is 470 g/mol. The van der Waals surface area contributed by atoms with Crippen LogP contribution in [0.3, 0.4) is 0 Å². The Morgan fingerprint density at radius 1 is 1.42 bits per heavy atom. The standard InChI is InChI=1S/C16H30N4O2S.HI/c1-12(2)10-22-8-7-18-16(17-4)20(5)9-14-11-23-15(19-14)13(3)21-6;/h11-13H,7-10H2,1-6H3,(H,17,18);1H. The van der Waals surface area contributed by atoms with Gasteiger partial charge in [-0.1, -0.05) is 13.8 Å². The number of rotatable bonds is 9. The van der Waals surface area contributed by atoms with Gasteiger partial charge in [-0.25, -0.2) is 4.98 Å². The van der Waals surface area contributed by atoms with Crippen LogP contribution in [0.2, 0.25) is 0 Å². The molecule has 0 aliphatic heterocycles. The van der Waals surface area contributed by atoms with Crippen molar-refractivity contribution in [2.24, 2.45) is 10.9 Å². The number of methoxy groups -OCH3 is 1. The topological polar surface area (TPSA) is 59.0 Å². The first-order chi connectivity index (χ1) is 11.0. The Morgan fingerprint density at radius 3 is 2.71 bits per heavy atom. The average Bonchev–Trinajstić information content (AvgIpc) is 2.98. The fourth-order valence-electron chi connectivity index (χ4n) is 1.94. The van der Waals surface area contributed by atoms with Gasteiger partial charge in [-0.05, 0) is 12.8 Å². The second-order valence-corrected chi connectivity index (χ2v) is 6.74. The number of thiazole rings is 1. The van der Waals surface area contributed by atoms with Gasteiger partial charge in [-0.15, -0.1) is 35.3 Å². The molecule has 6 nitrogen and oxygen atoms in total. The summed E-state index contributed by atoms with van der Waals surface area (Å²) in [4.78, 5) is 11.0. The fraction of sp³-hybridized carbons (Fsp3) is 0.750. The van der Waals surface area contributed by atoms with E-state index in [-0.39, 0.29) is 30.1 Å². The van der Waals surface area contributed by atoms with Crippen molar-refractivity contribution in [1.29, 1.82) is 0 Å². The minimum Gasteiger partial charge on any atom is -0.379 e. The number of aliphatic imine (C=N–C) groups is 1. The number of hydrogen-bond donors (Lipinski definition) is 1. The fourth-order valence-corrected chi connectivity index (χ4v) is 2.78. The lowest BCUT2D eigenvalue weighted by atomic mass is 10.2. The molecule has 0 aliphatic rings. The van der Waals surface area contributed by atoms with Gasteiger partial charge in [-0.3, -0.25) is 4.99 Å². The predicted octanol–water partition coefficient (Wildman–Crippen LogP) is 3.15. The van der Waals surface area contributed by atoms with E-state index in [0.717, 1.165) is 29.8 Å². The molecule has 140 valence electrons. The van der Waals surface area contributed by atoms with Crippen LogP contribution in [0.4, 0.5) is 0 Å². The first-order valence-electron chi connectivity index (χ1n) is 7.94. The van der Waals surface area contributed by atoms with Crippen molar-refractivity contribution in [2.45, 2.75) is 33.4 Å². The van der Waals surface area contributed by atoms with Gasteiger partial charge >= 0.3 is 0 Å². The van der Waals surface area contributed by atoms with Crippen LogP contribution in [0.15, 0.2) is 10.4 Å². The van der Waals surface area contributed by atoms with E-state index in [1.165, 1.54) is 0 Å². The molecule has 0 fully saturated rings. The number of nitrogens with zero attached hydrogens (tertiary/aromatic N) is 3. The zero-order valence-electron chi connectivity index (χ0n) is 15.5. The van der Waals surface area contributed by atoms with Crippen LogP contribution in [0, 0.1) is 5.92 Å². The number of ether oxygens (including phenoxy) is 2. The molecule has 0 saturated heterocycles. The summed E-state index contributed by atoms with van der Waals surface area (Å²) in [5.74, 6) is 1.40. The molecule has 1 N–H and O–H groups in total. The van der Waals surface area contributed by atoms with E-state index in [9.17, 15) is 0 Å². The summed E-state index contributed by atoms with van der Waals surface area (Å²) in [5, 5.41) is 6.38. The van der Waals surface area contributed by atoms with Gasteiger partial charge in [0.2, 0.25) is 0 Å². The minimum atomic E-state index is 0. The molecule has 1 aromatic rings. The summed E-state index contributed by atoms with van der Waals surface area (Å²) in [5.41, 5.74) is 1.02. The largest absolute Gasteiger partial charge is 0.379 e. The number of nitrogens with one attached hydrogen (secondary N) is 1.